The number of anilines is 3. The zero-order valence-corrected chi connectivity index (χ0v) is 62.9. The third kappa shape index (κ3) is 19.2. The molecule has 0 aliphatic heterocycles. The predicted molar refractivity (Wildman–Crippen MR) is 430 cm³/mol. The number of pyridine rings is 9. The van der Waals surface area contributed by atoms with Crippen molar-refractivity contribution in [2.45, 2.75) is 74.4 Å². The number of nitrogens with zero attached hydrogens (tertiary/aromatic N) is 9. The number of carbonyl (C=O) groups excluding carboxylic acids is 2. The topological polar surface area (TPSA) is 496 Å². The molecule has 31 heteroatoms. The van der Waals surface area contributed by atoms with Crippen molar-refractivity contribution in [3.8, 4) is 0 Å². The number of fused-ring (bicyclic) bond motifs is 6. The van der Waals surface area contributed by atoms with Crippen LogP contribution >= 0.6 is 0 Å². The third-order valence-electron chi connectivity index (χ3n) is 17.9. The first kappa shape index (κ1) is 78.3. The van der Waals surface area contributed by atoms with Crippen LogP contribution in [0.1, 0.15) is 98.2 Å². The number of aromatic nitrogens is 9. The fourth-order valence-electron chi connectivity index (χ4n) is 12.5. The average molecular weight is 1560 g/mol. The molecule has 28 nitrogen and oxygen atoms in total. The number of nitrogens with two attached hydrogens (primary N) is 7. The second kappa shape index (κ2) is 33.3. The summed E-state index contributed by atoms with van der Waals surface area (Å²) in [6.07, 6.45) is 15.2. The molecule has 0 aliphatic rings. The maximum absolute atomic E-state index is 12.9. The number of hydrogen-bond donors (Lipinski definition) is 10. The van der Waals surface area contributed by atoms with E-state index in [9.17, 15) is 39.6 Å². The van der Waals surface area contributed by atoms with Gasteiger partial charge in [-0.05, 0) is 214 Å². The minimum Gasteiger partial charge on any atom is -0.478 e. The number of nitrogen functional groups attached to an aromatic ring is 3. The quantitative estimate of drug-likeness (QED) is 0.0405. The SMILES string of the molecule is Cc1cnc2c(S(N)(=O)=O)cc(Cc3cc(C(=O)NCc4ccc5c(N)nccc5c4)ccn3)cc2c1.Cc1cnc2c(S(N)(=O)=O)cc(Cc3cc(C(=O)NCc4ccc5c(N)nccc5c4)ccn3)cc2c1.Cc1cnc2c(S(N)(=O)=O)cc(Cc3cc(C(=O)O)ccn3)cc2c1.NCc1ccc2c(N)nccc2c1. The second-order valence-electron chi connectivity index (χ2n) is 26.4. The van der Waals surface area contributed by atoms with Gasteiger partial charge in [-0.25, -0.2) is 60.4 Å². The minimum atomic E-state index is -3.99. The van der Waals surface area contributed by atoms with E-state index >= 15 is 0 Å². The third-order valence-corrected chi connectivity index (χ3v) is 20.6. The maximum atomic E-state index is 12.9. The molecule has 0 atom stereocenters. The van der Waals surface area contributed by atoms with Gasteiger partial charge in [0.2, 0.25) is 30.1 Å². The van der Waals surface area contributed by atoms with Crippen molar-refractivity contribution in [1.82, 2.24) is 55.5 Å². The van der Waals surface area contributed by atoms with Crippen molar-refractivity contribution in [2.24, 2.45) is 21.2 Å². The number of benzene rings is 6. The molecular formula is C81H74N18O10S3. The molecule has 6 aromatic carbocycles. The molecule has 0 fully saturated rings. The highest BCUT2D eigenvalue weighted by Gasteiger charge is 2.21. The Morgan fingerprint density at radius 3 is 0.964 bits per heavy atom. The Hall–Kier alpha value is -13.3. The summed E-state index contributed by atoms with van der Waals surface area (Å²) in [5.41, 5.74) is 34.5. The largest absolute Gasteiger partial charge is 0.478 e. The fourth-order valence-corrected chi connectivity index (χ4v) is 14.8. The second-order valence-corrected chi connectivity index (χ2v) is 31.0. The predicted octanol–water partition coefficient (Wildman–Crippen LogP) is 9.62. The van der Waals surface area contributed by atoms with Crippen LogP contribution in [-0.4, -0.2) is 93.0 Å². The molecule has 0 bridgehead atoms. The summed E-state index contributed by atoms with van der Waals surface area (Å²) in [6, 6.07) is 48.2. The van der Waals surface area contributed by atoms with Crippen LogP contribution < -0.4 is 49.0 Å². The number of nitrogens with one attached hydrogen (secondary N) is 2. The molecule has 0 spiro atoms. The normalized spacial score (nSPS) is 11.5. The van der Waals surface area contributed by atoms with E-state index in [2.05, 4.69) is 55.5 Å². The molecule has 0 radical (unpaired) electrons. The standard InChI is InChI=1S/2C27H24N6O3S.C17H15N3O4S.C10H11N3/c2*1-16-8-21-10-18(12-24(37(29,35)36)25(21)32-14-16)11-22-13-20(5-6-30-22)27(34)33-15-17-2-3-23-19(9-17)4-7-31-26(23)28;1-10-4-13-5-11(6-14-8-12(17(21)22)2-3-19-14)7-15(25(18,23)24)16(13)20-9-10;11-6-7-1-2-9-8(5-7)3-4-13-10(9)12/h2*2-10,12-14H,11,15H2,1H3,(H2,28,31)(H,33,34)(H2,29,35,36);2-5,7-9H,6H2,1H3,(H,21,22)(H2,18,23,24);1-5H,6,11H2,(H2,12,13). The Balaban J connectivity index is 0.000000146. The zero-order valence-electron chi connectivity index (χ0n) is 60.4. The number of carboxylic acids is 1. The van der Waals surface area contributed by atoms with Crippen molar-refractivity contribution in [2.75, 3.05) is 17.2 Å². The lowest BCUT2D eigenvalue weighted by molar-refractivity contribution is 0.0695. The molecule has 2 amide bonds. The summed E-state index contributed by atoms with van der Waals surface area (Å²) in [6.45, 7) is 6.84. The summed E-state index contributed by atoms with van der Waals surface area (Å²) < 4.78 is 72.7. The van der Waals surface area contributed by atoms with Gasteiger partial charge in [-0.3, -0.25) is 39.5 Å². The summed E-state index contributed by atoms with van der Waals surface area (Å²) in [5.74, 6) is -0.0471. The first-order valence-corrected chi connectivity index (χ1v) is 39.0. The molecular weight excluding hydrogens is 1480 g/mol. The van der Waals surface area contributed by atoms with Crippen LogP contribution in [0.15, 0.2) is 234 Å². The molecule has 0 saturated heterocycles. The number of sulfonamides is 3. The Morgan fingerprint density at radius 2 is 0.643 bits per heavy atom. The van der Waals surface area contributed by atoms with E-state index in [0.717, 1.165) is 65.7 Å². The van der Waals surface area contributed by atoms with Gasteiger partial charge < -0.3 is 38.7 Å². The first-order valence-electron chi connectivity index (χ1n) is 34.4. The van der Waals surface area contributed by atoms with Gasteiger partial charge in [0, 0.05) is 155 Å². The maximum Gasteiger partial charge on any atom is 0.335 e. The summed E-state index contributed by atoms with van der Waals surface area (Å²) >= 11 is 0. The van der Waals surface area contributed by atoms with Gasteiger partial charge in [0.25, 0.3) is 11.8 Å². The lowest BCUT2D eigenvalue weighted by atomic mass is 10.0. The van der Waals surface area contributed by atoms with Gasteiger partial charge in [-0.15, -0.1) is 0 Å². The monoisotopic (exact) mass is 1550 g/mol. The number of hydrogen-bond acceptors (Lipinski definition) is 22. The minimum absolute atomic E-state index is 0.0400. The molecule has 566 valence electrons. The molecule has 17 N–H and O–H groups in total. The highest BCUT2D eigenvalue weighted by molar-refractivity contribution is 7.90. The van der Waals surface area contributed by atoms with Gasteiger partial charge in [0.15, 0.2) is 0 Å². The van der Waals surface area contributed by atoms with E-state index in [0.29, 0.717) is 128 Å². The van der Waals surface area contributed by atoms with Crippen molar-refractivity contribution in [3.05, 3.63) is 303 Å². The number of carbonyl (C=O) groups is 3. The molecule has 15 aromatic rings. The number of carboxylic acid groups (broad SMARTS) is 1. The summed E-state index contributed by atoms with van der Waals surface area (Å²) in [4.78, 5) is 74.4. The van der Waals surface area contributed by atoms with Crippen molar-refractivity contribution in [3.63, 3.8) is 0 Å². The molecule has 112 heavy (non-hydrogen) atoms. The van der Waals surface area contributed by atoms with Gasteiger partial charge in [0.05, 0.1) is 22.1 Å². The van der Waals surface area contributed by atoms with Gasteiger partial charge in [-0.1, -0.05) is 36.4 Å². The van der Waals surface area contributed by atoms with Crippen LogP contribution in [0.4, 0.5) is 17.5 Å². The average Bonchev–Trinajstić information content (AvgIpc) is 0.789. The first-order chi connectivity index (χ1) is 53.4. The Kier molecular flexibility index (Phi) is 23.3. The van der Waals surface area contributed by atoms with E-state index in [1.54, 1.807) is 79.9 Å². The van der Waals surface area contributed by atoms with Gasteiger partial charge in [0.1, 0.15) is 32.1 Å². The molecule has 9 aromatic heterocycles. The summed E-state index contributed by atoms with van der Waals surface area (Å²) in [5, 5.41) is 38.9. The van der Waals surface area contributed by atoms with Crippen LogP contribution in [0.5, 0.6) is 0 Å². The van der Waals surface area contributed by atoms with Crippen molar-refractivity contribution < 1.29 is 44.7 Å². The van der Waals surface area contributed by atoms with Crippen LogP contribution in [0.3, 0.4) is 0 Å². The lowest BCUT2D eigenvalue weighted by Gasteiger charge is -2.10. The fraction of sp³-hybridized carbons (Fsp3) is 0.111. The lowest BCUT2D eigenvalue weighted by Crippen LogP contribution is -2.23. The molecule has 0 aliphatic carbocycles. The number of primary sulfonamides is 3. The Morgan fingerprint density at radius 1 is 0.348 bits per heavy atom. The van der Waals surface area contributed by atoms with E-state index in [4.69, 9.17) is 43.5 Å². The van der Waals surface area contributed by atoms with Crippen molar-refractivity contribution in [1.29, 1.82) is 0 Å². The Labute approximate surface area is 642 Å². The van der Waals surface area contributed by atoms with E-state index in [1.165, 1.54) is 36.5 Å². The van der Waals surface area contributed by atoms with E-state index in [1.807, 2.05) is 124 Å². The smallest absolute Gasteiger partial charge is 0.335 e. The van der Waals surface area contributed by atoms with E-state index in [-0.39, 0.29) is 38.5 Å². The van der Waals surface area contributed by atoms with Gasteiger partial charge in [-0.2, -0.15) is 0 Å². The Bertz CT molecular complexity index is 6340. The van der Waals surface area contributed by atoms with Crippen LogP contribution in [0.2, 0.25) is 0 Å². The van der Waals surface area contributed by atoms with E-state index < -0.39 is 36.0 Å². The highest BCUT2D eigenvalue weighted by atomic mass is 32.2. The number of aryl methyl sites for hydroxylation is 3. The number of amides is 2. The molecule has 0 unspecified atom stereocenters. The van der Waals surface area contributed by atoms with Crippen LogP contribution in [0.25, 0.3) is 65.0 Å². The van der Waals surface area contributed by atoms with Crippen molar-refractivity contribution >= 4 is 130 Å². The number of rotatable bonds is 17. The van der Waals surface area contributed by atoms with Crippen LogP contribution in [-0.2, 0) is 69.0 Å². The molecule has 15 rings (SSSR count). The summed E-state index contributed by atoms with van der Waals surface area (Å²) in [7, 11) is -11.9. The van der Waals surface area contributed by atoms with Gasteiger partial charge >= 0.3 is 5.97 Å². The molecule has 9 heterocycles. The highest BCUT2D eigenvalue weighted by Crippen LogP contribution is 2.30. The molecule has 0 saturated carbocycles. The number of aromatic carboxylic acids is 1. The van der Waals surface area contributed by atoms with Crippen LogP contribution in [0, 0.1) is 20.8 Å². The zero-order chi connectivity index (χ0) is 79.8.